The fourth-order valence-corrected chi connectivity index (χ4v) is 3.98. The molecule has 1 aliphatic carbocycles. The predicted octanol–water partition coefficient (Wildman–Crippen LogP) is 2.60. The van der Waals surface area contributed by atoms with Crippen LogP contribution in [-0.2, 0) is 4.74 Å². The Morgan fingerprint density at radius 2 is 2.12 bits per heavy atom. The summed E-state index contributed by atoms with van der Waals surface area (Å²) in [6, 6.07) is 0.329. The summed E-state index contributed by atoms with van der Waals surface area (Å²) in [7, 11) is 0. The highest BCUT2D eigenvalue weighted by molar-refractivity contribution is 4.98. The molecule has 0 aromatic carbocycles. The normalized spacial score (nSPS) is 40.4. The number of hydrogen-bond acceptors (Lipinski definition) is 3. The van der Waals surface area contributed by atoms with Crippen molar-refractivity contribution in [2.24, 2.45) is 17.7 Å². The van der Waals surface area contributed by atoms with Crippen LogP contribution in [0.2, 0.25) is 0 Å². The van der Waals surface area contributed by atoms with Crippen LogP contribution >= 0.6 is 0 Å². The van der Waals surface area contributed by atoms with Crippen molar-refractivity contribution in [2.45, 2.75) is 70.4 Å². The molecule has 1 heterocycles. The summed E-state index contributed by atoms with van der Waals surface area (Å²) >= 11 is 0. The quantitative estimate of drug-likeness (QED) is 0.586. The summed E-state index contributed by atoms with van der Waals surface area (Å²) in [6.07, 6.45) is 9.03. The lowest BCUT2D eigenvalue weighted by Gasteiger charge is -2.43. The first-order chi connectivity index (χ1) is 8.21. The number of nitrogens with one attached hydrogen (secondary N) is 1. The second-order valence-electron chi connectivity index (χ2n) is 6.03. The highest BCUT2D eigenvalue weighted by Gasteiger charge is 2.44. The summed E-state index contributed by atoms with van der Waals surface area (Å²) in [4.78, 5) is 0. The van der Waals surface area contributed by atoms with Gasteiger partial charge in [-0.15, -0.1) is 0 Å². The first-order valence-electron chi connectivity index (χ1n) is 7.31. The van der Waals surface area contributed by atoms with E-state index in [0.29, 0.717) is 12.0 Å². The van der Waals surface area contributed by atoms with Crippen LogP contribution in [0.1, 0.15) is 58.8 Å². The van der Waals surface area contributed by atoms with E-state index in [1.54, 1.807) is 0 Å². The number of nitrogens with two attached hydrogens (primary N) is 1. The third-order valence-electron chi connectivity index (χ3n) is 5.01. The van der Waals surface area contributed by atoms with Gasteiger partial charge in [0.25, 0.3) is 0 Å². The van der Waals surface area contributed by atoms with E-state index >= 15 is 0 Å². The zero-order chi connectivity index (χ0) is 12.3. The Balaban J connectivity index is 2.10. The van der Waals surface area contributed by atoms with Gasteiger partial charge in [0.2, 0.25) is 0 Å². The van der Waals surface area contributed by atoms with E-state index < -0.39 is 0 Å². The standard InChI is InChI=1S/C14H28N2O/c1-3-11-7-4-5-8-12(11)13(16-15)14(2)9-6-10-17-14/h11-13,16H,3-10,15H2,1-2H3. The molecule has 3 heteroatoms. The molecule has 4 atom stereocenters. The number of hydrogen-bond donors (Lipinski definition) is 2. The summed E-state index contributed by atoms with van der Waals surface area (Å²) in [5, 5.41) is 0. The van der Waals surface area contributed by atoms with Crippen molar-refractivity contribution in [2.75, 3.05) is 6.61 Å². The van der Waals surface area contributed by atoms with Crippen molar-refractivity contribution in [1.29, 1.82) is 0 Å². The van der Waals surface area contributed by atoms with E-state index in [1.807, 2.05) is 0 Å². The van der Waals surface area contributed by atoms with Crippen molar-refractivity contribution in [3.63, 3.8) is 0 Å². The molecule has 0 aromatic rings. The first-order valence-corrected chi connectivity index (χ1v) is 7.31. The number of rotatable bonds is 4. The third-order valence-corrected chi connectivity index (χ3v) is 5.01. The van der Waals surface area contributed by atoms with Crippen molar-refractivity contribution in [1.82, 2.24) is 5.43 Å². The van der Waals surface area contributed by atoms with E-state index in [0.717, 1.165) is 18.9 Å². The molecule has 0 aromatic heterocycles. The Hall–Kier alpha value is -0.120. The molecule has 4 unspecified atom stereocenters. The van der Waals surface area contributed by atoms with Gasteiger partial charge in [-0.25, -0.2) is 0 Å². The number of ether oxygens (including phenoxy) is 1. The lowest BCUT2D eigenvalue weighted by Crippen LogP contribution is -2.57. The Morgan fingerprint density at radius 1 is 1.35 bits per heavy atom. The Labute approximate surface area is 105 Å². The topological polar surface area (TPSA) is 47.3 Å². The van der Waals surface area contributed by atoms with Crippen molar-refractivity contribution >= 4 is 0 Å². The molecule has 2 aliphatic rings. The minimum absolute atomic E-state index is 0.0375. The fourth-order valence-electron chi connectivity index (χ4n) is 3.98. The third kappa shape index (κ3) is 2.67. The molecule has 0 amide bonds. The van der Waals surface area contributed by atoms with Gasteiger partial charge in [-0.05, 0) is 38.0 Å². The highest BCUT2D eigenvalue weighted by Crippen LogP contribution is 2.41. The van der Waals surface area contributed by atoms with E-state index in [1.165, 1.54) is 38.5 Å². The molecule has 0 spiro atoms. The van der Waals surface area contributed by atoms with E-state index in [2.05, 4.69) is 19.3 Å². The molecule has 3 nitrogen and oxygen atoms in total. The molecule has 1 saturated carbocycles. The maximum Gasteiger partial charge on any atom is 0.0823 e. The van der Waals surface area contributed by atoms with Gasteiger partial charge in [-0.1, -0.05) is 32.6 Å². The van der Waals surface area contributed by atoms with Crippen LogP contribution in [-0.4, -0.2) is 18.2 Å². The second kappa shape index (κ2) is 5.68. The largest absolute Gasteiger partial charge is 0.374 e. The first kappa shape index (κ1) is 13.3. The van der Waals surface area contributed by atoms with Gasteiger partial charge in [-0.3, -0.25) is 11.3 Å². The maximum atomic E-state index is 6.00. The van der Waals surface area contributed by atoms with Gasteiger partial charge in [-0.2, -0.15) is 0 Å². The van der Waals surface area contributed by atoms with Gasteiger partial charge >= 0.3 is 0 Å². The van der Waals surface area contributed by atoms with Crippen LogP contribution in [0.15, 0.2) is 0 Å². The smallest absolute Gasteiger partial charge is 0.0823 e. The van der Waals surface area contributed by atoms with Gasteiger partial charge in [0.15, 0.2) is 0 Å². The fraction of sp³-hybridized carbons (Fsp3) is 1.00. The molecule has 2 fully saturated rings. The molecule has 17 heavy (non-hydrogen) atoms. The summed E-state index contributed by atoms with van der Waals surface area (Å²) in [5.41, 5.74) is 3.06. The maximum absolute atomic E-state index is 6.00. The average molecular weight is 240 g/mol. The molecular weight excluding hydrogens is 212 g/mol. The van der Waals surface area contributed by atoms with Gasteiger partial charge in [0.05, 0.1) is 11.6 Å². The molecule has 0 radical (unpaired) electrons. The average Bonchev–Trinajstić information content (AvgIpc) is 2.78. The Bertz CT molecular complexity index is 238. The molecule has 2 rings (SSSR count). The zero-order valence-electron chi connectivity index (χ0n) is 11.4. The second-order valence-corrected chi connectivity index (χ2v) is 6.03. The van der Waals surface area contributed by atoms with Gasteiger partial charge in [0.1, 0.15) is 0 Å². The van der Waals surface area contributed by atoms with Crippen molar-refractivity contribution < 1.29 is 4.74 Å². The number of hydrazine groups is 1. The van der Waals surface area contributed by atoms with E-state index in [4.69, 9.17) is 10.6 Å². The summed E-state index contributed by atoms with van der Waals surface area (Å²) < 4.78 is 6.00. The minimum Gasteiger partial charge on any atom is -0.374 e. The van der Waals surface area contributed by atoms with Gasteiger partial charge in [0, 0.05) is 6.61 Å². The monoisotopic (exact) mass is 240 g/mol. The highest BCUT2D eigenvalue weighted by atomic mass is 16.5. The molecule has 1 saturated heterocycles. The van der Waals surface area contributed by atoms with Crippen LogP contribution in [0.4, 0.5) is 0 Å². The zero-order valence-corrected chi connectivity index (χ0v) is 11.4. The summed E-state index contributed by atoms with van der Waals surface area (Å²) in [6.45, 7) is 5.46. The van der Waals surface area contributed by atoms with Crippen LogP contribution in [0.3, 0.4) is 0 Å². The molecule has 100 valence electrons. The SMILES string of the molecule is CCC1CCCCC1C(NN)C1(C)CCCO1. The Morgan fingerprint density at radius 3 is 2.71 bits per heavy atom. The van der Waals surface area contributed by atoms with E-state index in [-0.39, 0.29) is 5.60 Å². The van der Waals surface area contributed by atoms with Crippen LogP contribution in [0.5, 0.6) is 0 Å². The van der Waals surface area contributed by atoms with Crippen molar-refractivity contribution in [3.8, 4) is 0 Å². The van der Waals surface area contributed by atoms with Crippen LogP contribution in [0, 0.1) is 11.8 Å². The van der Waals surface area contributed by atoms with E-state index in [9.17, 15) is 0 Å². The van der Waals surface area contributed by atoms with Crippen molar-refractivity contribution in [3.05, 3.63) is 0 Å². The molecular formula is C14H28N2O. The minimum atomic E-state index is -0.0375. The van der Waals surface area contributed by atoms with Crippen LogP contribution < -0.4 is 11.3 Å². The lowest BCUT2D eigenvalue weighted by molar-refractivity contribution is -0.0442. The molecule has 1 aliphatic heterocycles. The van der Waals surface area contributed by atoms with Gasteiger partial charge < -0.3 is 4.74 Å². The lowest BCUT2D eigenvalue weighted by atomic mass is 9.69. The van der Waals surface area contributed by atoms with Crippen LogP contribution in [0.25, 0.3) is 0 Å². The molecule has 0 bridgehead atoms. The Kier molecular flexibility index (Phi) is 4.45. The summed E-state index contributed by atoms with van der Waals surface area (Å²) in [5.74, 6) is 7.38. The predicted molar refractivity (Wildman–Crippen MR) is 70.4 cm³/mol. The molecule has 3 N–H and O–H groups in total.